The van der Waals surface area contributed by atoms with Crippen molar-refractivity contribution in [3.8, 4) is 16.9 Å². The van der Waals surface area contributed by atoms with E-state index in [1.165, 1.54) is 34.2 Å². The molecule has 0 spiro atoms. The number of carbonyl (C=O) groups excluding carboxylic acids is 1. The fourth-order valence-electron chi connectivity index (χ4n) is 3.94. The van der Waals surface area contributed by atoms with E-state index >= 15 is 0 Å². The van der Waals surface area contributed by atoms with Crippen LogP contribution in [0.4, 0.5) is 0 Å². The molecular formula is C29H34N2O2S. The molecule has 2 N–H and O–H groups in total. The predicted octanol–water partition coefficient (Wildman–Crippen LogP) is 7.09. The number of hydrogen-bond acceptors (Lipinski definition) is 3. The Hall–Kier alpha value is -3.18. The Labute approximate surface area is 207 Å². The van der Waals surface area contributed by atoms with Crippen LogP contribution in [-0.4, -0.2) is 23.3 Å². The molecule has 1 aromatic heterocycles. The lowest BCUT2D eigenvalue weighted by molar-refractivity contribution is 0.0996. The van der Waals surface area contributed by atoms with E-state index in [1.54, 1.807) is 17.8 Å². The fraction of sp³-hybridized carbons (Fsp3) is 0.276. The van der Waals surface area contributed by atoms with Crippen molar-refractivity contribution in [3.05, 3.63) is 84.1 Å². The molecule has 0 radical (unpaired) electrons. The number of carbonyl (C=O) groups is 1. The molecule has 0 saturated carbocycles. The van der Waals surface area contributed by atoms with Crippen molar-refractivity contribution in [1.29, 1.82) is 0 Å². The lowest BCUT2D eigenvalue weighted by atomic mass is 10.0. The van der Waals surface area contributed by atoms with Gasteiger partial charge in [-0.2, -0.15) is 0 Å². The second-order valence-corrected chi connectivity index (χ2v) is 9.07. The van der Waals surface area contributed by atoms with Crippen molar-refractivity contribution in [1.82, 2.24) is 4.57 Å². The smallest absolute Gasteiger partial charge is 0.252 e. The summed E-state index contributed by atoms with van der Waals surface area (Å²) in [5.41, 5.74) is 10.7. The first-order chi connectivity index (χ1) is 16.5. The van der Waals surface area contributed by atoms with Gasteiger partial charge in [-0.15, -0.1) is 11.8 Å². The van der Waals surface area contributed by atoms with Gasteiger partial charge in [0.15, 0.2) is 0 Å². The van der Waals surface area contributed by atoms with Crippen molar-refractivity contribution in [3.63, 3.8) is 0 Å². The maximum Gasteiger partial charge on any atom is 0.252 e. The van der Waals surface area contributed by atoms with Crippen LogP contribution in [-0.2, 0) is 13.5 Å². The second kappa shape index (κ2) is 12.3. The van der Waals surface area contributed by atoms with Gasteiger partial charge in [0.2, 0.25) is 0 Å². The molecular weight excluding hydrogens is 440 g/mol. The number of rotatable bonds is 8. The lowest BCUT2D eigenvalue weighted by Gasteiger charge is -2.11. The molecule has 0 bridgehead atoms. The maximum atomic E-state index is 11.6. The molecule has 4 aromatic rings. The summed E-state index contributed by atoms with van der Waals surface area (Å²) in [6, 6.07) is 22.3. The Kier molecular flexibility index (Phi) is 9.23. The molecule has 0 atom stereocenters. The first-order valence-electron chi connectivity index (χ1n) is 11.7. The van der Waals surface area contributed by atoms with Gasteiger partial charge in [0.1, 0.15) is 5.75 Å². The quantitative estimate of drug-likeness (QED) is 0.277. The molecule has 0 unspecified atom stereocenters. The number of nitrogens with zero attached hydrogens (tertiary/aromatic N) is 1. The third kappa shape index (κ3) is 6.23. The van der Waals surface area contributed by atoms with Crippen LogP contribution in [0.1, 0.15) is 42.6 Å². The number of thioether (sulfide) groups is 1. The largest absolute Gasteiger partial charge is 0.493 e. The van der Waals surface area contributed by atoms with E-state index < -0.39 is 5.91 Å². The molecule has 0 aliphatic rings. The van der Waals surface area contributed by atoms with E-state index in [-0.39, 0.29) is 0 Å². The number of primary amides is 1. The van der Waals surface area contributed by atoms with Crippen molar-refractivity contribution < 1.29 is 9.53 Å². The Morgan fingerprint density at radius 1 is 0.971 bits per heavy atom. The number of ether oxygens (including phenoxy) is 1. The van der Waals surface area contributed by atoms with E-state index in [1.807, 2.05) is 37.4 Å². The van der Waals surface area contributed by atoms with Crippen LogP contribution in [0.2, 0.25) is 0 Å². The topological polar surface area (TPSA) is 57.2 Å². The Balaban J connectivity index is 0.000000212. The van der Waals surface area contributed by atoms with E-state index in [0.717, 1.165) is 17.5 Å². The van der Waals surface area contributed by atoms with Gasteiger partial charge >= 0.3 is 0 Å². The minimum atomic E-state index is -0.469. The predicted molar refractivity (Wildman–Crippen MR) is 145 cm³/mol. The molecule has 1 amide bonds. The van der Waals surface area contributed by atoms with E-state index in [0.29, 0.717) is 17.9 Å². The molecule has 34 heavy (non-hydrogen) atoms. The van der Waals surface area contributed by atoms with Gasteiger partial charge < -0.3 is 15.0 Å². The SMILES string of the molecule is CCCOc1ccc(-c2cccc(SC)c2)cc1C(N)=O.CCCc1cn(C)c2ccccc12. The van der Waals surface area contributed by atoms with Crippen LogP contribution in [0.5, 0.6) is 5.75 Å². The molecule has 5 heteroatoms. The average molecular weight is 475 g/mol. The van der Waals surface area contributed by atoms with Gasteiger partial charge in [-0.25, -0.2) is 0 Å². The minimum absolute atomic E-state index is 0.426. The van der Waals surface area contributed by atoms with Gasteiger partial charge in [0, 0.05) is 29.0 Å². The summed E-state index contributed by atoms with van der Waals surface area (Å²) in [6.07, 6.45) is 7.56. The molecule has 0 fully saturated rings. The molecule has 0 saturated heterocycles. The van der Waals surface area contributed by atoms with Crippen molar-refractivity contribution in [2.75, 3.05) is 12.9 Å². The van der Waals surface area contributed by atoms with E-state index in [2.05, 4.69) is 61.1 Å². The molecule has 3 aromatic carbocycles. The Morgan fingerprint density at radius 2 is 1.74 bits per heavy atom. The summed E-state index contributed by atoms with van der Waals surface area (Å²) in [7, 11) is 2.11. The molecule has 1 heterocycles. The van der Waals surface area contributed by atoms with Crippen LogP contribution in [0, 0.1) is 0 Å². The summed E-state index contributed by atoms with van der Waals surface area (Å²) in [6.45, 7) is 4.82. The summed E-state index contributed by atoms with van der Waals surface area (Å²) >= 11 is 1.69. The number of amides is 1. The zero-order valence-corrected chi connectivity index (χ0v) is 21.3. The lowest BCUT2D eigenvalue weighted by Crippen LogP contribution is -2.13. The monoisotopic (exact) mass is 474 g/mol. The van der Waals surface area contributed by atoms with Crippen LogP contribution >= 0.6 is 11.8 Å². The number of fused-ring (bicyclic) bond motifs is 1. The number of aryl methyl sites for hydroxylation is 2. The van der Waals surface area contributed by atoms with E-state index in [4.69, 9.17) is 10.5 Å². The number of para-hydroxylation sites is 1. The van der Waals surface area contributed by atoms with Crippen LogP contribution < -0.4 is 10.5 Å². The molecule has 0 aliphatic heterocycles. The third-order valence-corrected chi connectivity index (χ3v) is 6.33. The summed E-state index contributed by atoms with van der Waals surface area (Å²) in [4.78, 5) is 12.8. The second-order valence-electron chi connectivity index (χ2n) is 8.19. The Morgan fingerprint density at radius 3 is 2.44 bits per heavy atom. The summed E-state index contributed by atoms with van der Waals surface area (Å²) < 4.78 is 7.79. The first kappa shape index (κ1) is 25.4. The van der Waals surface area contributed by atoms with Crippen molar-refractivity contribution in [2.45, 2.75) is 38.0 Å². The fourth-order valence-corrected chi connectivity index (χ4v) is 4.40. The highest BCUT2D eigenvalue weighted by Gasteiger charge is 2.11. The van der Waals surface area contributed by atoms with E-state index in [9.17, 15) is 4.79 Å². The minimum Gasteiger partial charge on any atom is -0.493 e. The number of aromatic nitrogens is 1. The number of nitrogens with two attached hydrogens (primary N) is 1. The van der Waals surface area contributed by atoms with Gasteiger partial charge in [0.05, 0.1) is 12.2 Å². The third-order valence-electron chi connectivity index (χ3n) is 5.61. The van der Waals surface area contributed by atoms with Crippen LogP contribution in [0.3, 0.4) is 0 Å². The van der Waals surface area contributed by atoms with Crippen molar-refractivity contribution >= 4 is 28.6 Å². The van der Waals surface area contributed by atoms with Gasteiger partial charge in [-0.05, 0) is 66.1 Å². The highest BCUT2D eigenvalue weighted by atomic mass is 32.2. The normalized spacial score (nSPS) is 10.6. The average Bonchev–Trinajstić information content (AvgIpc) is 3.18. The highest BCUT2D eigenvalue weighted by Crippen LogP contribution is 2.29. The van der Waals surface area contributed by atoms with Gasteiger partial charge in [-0.1, -0.05) is 56.7 Å². The van der Waals surface area contributed by atoms with Crippen LogP contribution in [0.15, 0.2) is 77.8 Å². The number of hydrogen-bond donors (Lipinski definition) is 1. The van der Waals surface area contributed by atoms with Gasteiger partial charge in [0.25, 0.3) is 5.91 Å². The van der Waals surface area contributed by atoms with Crippen molar-refractivity contribution in [2.24, 2.45) is 12.8 Å². The summed E-state index contributed by atoms with van der Waals surface area (Å²) in [5, 5.41) is 1.41. The first-order valence-corrected chi connectivity index (χ1v) is 12.9. The summed E-state index contributed by atoms with van der Waals surface area (Å²) in [5.74, 6) is 0.0816. The number of benzene rings is 3. The van der Waals surface area contributed by atoms with Gasteiger partial charge in [-0.3, -0.25) is 4.79 Å². The zero-order chi connectivity index (χ0) is 24.5. The van der Waals surface area contributed by atoms with Crippen LogP contribution in [0.25, 0.3) is 22.0 Å². The maximum absolute atomic E-state index is 11.6. The molecule has 4 rings (SSSR count). The standard InChI is InChI=1S/C17H19NO2S.C12H15N/c1-3-9-20-16-8-7-13(11-15(16)17(18)19)12-5-4-6-14(10-12)21-2;1-3-6-10-9-13(2)12-8-5-4-7-11(10)12/h4-8,10-11H,3,9H2,1-2H3,(H2,18,19);4-5,7-9H,3,6H2,1-2H3. The molecule has 4 nitrogen and oxygen atoms in total. The Bertz CT molecular complexity index is 1250. The highest BCUT2D eigenvalue weighted by molar-refractivity contribution is 7.98. The molecule has 0 aliphatic carbocycles. The zero-order valence-electron chi connectivity index (χ0n) is 20.5. The molecule has 178 valence electrons.